The van der Waals surface area contributed by atoms with Gasteiger partial charge in [0.1, 0.15) is 18.1 Å². The van der Waals surface area contributed by atoms with Crippen LogP contribution in [0.5, 0.6) is 5.75 Å². The van der Waals surface area contributed by atoms with Crippen LogP contribution in [-0.2, 0) is 20.5 Å². The third-order valence-corrected chi connectivity index (χ3v) is 5.08. The van der Waals surface area contributed by atoms with Gasteiger partial charge in [-0.25, -0.2) is 4.68 Å². The molecule has 0 saturated carbocycles. The first kappa shape index (κ1) is 26.7. The third kappa shape index (κ3) is 8.07. The number of anilines is 1. The van der Waals surface area contributed by atoms with E-state index in [9.17, 15) is 9.59 Å². The fourth-order valence-electron chi connectivity index (χ4n) is 3.17. The minimum atomic E-state index is -0.314. The van der Waals surface area contributed by atoms with Crippen LogP contribution in [-0.4, -0.2) is 46.2 Å². The Kier molecular flexibility index (Phi) is 8.57. The van der Waals surface area contributed by atoms with Crippen LogP contribution in [0.2, 0.25) is 5.02 Å². The molecule has 0 radical (unpaired) electrons. The number of rotatable bonds is 8. The molecule has 0 unspecified atom stereocenters. The molecule has 7 nitrogen and oxygen atoms in total. The second-order valence-corrected chi connectivity index (χ2v) is 11.1. The molecule has 0 saturated heterocycles. The van der Waals surface area contributed by atoms with E-state index in [1.54, 1.807) is 24.3 Å². The molecule has 1 heterocycles. The Balaban J connectivity index is 2.12. The molecule has 182 valence electrons. The number of halogens is 1. The predicted molar refractivity (Wildman–Crippen MR) is 133 cm³/mol. The van der Waals surface area contributed by atoms with E-state index >= 15 is 0 Å². The van der Waals surface area contributed by atoms with Crippen molar-refractivity contribution < 1.29 is 14.3 Å². The molecular weight excluding hydrogens is 440 g/mol. The number of carbonyl (C=O) groups excluding carboxylic acids is 2. The molecule has 0 aliphatic rings. The van der Waals surface area contributed by atoms with Crippen molar-refractivity contribution in [2.75, 3.05) is 25.0 Å². The molecule has 2 rings (SSSR count). The number of hydrogen-bond acceptors (Lipinski definition) is 4. The molecule has 33 heavy (non-hydrogen) atoms. The molecule has 0 bridgehead atoms. The Morgan fingerprint density at radius 3 is 2.24 bits per heavy atom. The summed E-state index contributed by atoms with van der Waals surface area (Å²) in [6.07, 6.45) is 0. The van der Waals surface area contributed by atoms with Crippen molar-refractivity contribution in [3.05, 3.63) is 41.0 Å². The average molecular weight is 477 g/mol. The van der Waals surface area contributed by atoms with E-state index in [2.05, 4.69) is 26.1 Å². The topological polar surface area (TPSA) is 76.5 Å². The Morgan fingerprint density at radius 1 is 1.12 bits per heavy atom. The molecule has 2 aromatic rings. The van der Waals surface area contributed by atoms with Crippen LogP contribution in [0.4, 0.5) is 5.82 Å². The van der Waals surface area contributed by atoms with Crippen molar-refractivity contribution in [1.82, 2.24) is 14.7 Å². The standard InChI is InChI=1S/C25H37ClN4O3/c1-17(2)14-29(23(32)16-33-19-11-9-18(26)10-12-19)15-22(31)27-21-13-20(24(3,4)5)28-30(21)25(6,7)8/h9-13,17H,14-16H2,1-8H3,(H,27,31). The second-order valence-electron chi connectivity index (χ2n) is 10.7. The Labute approximate surface area is 202 Å². The van der Waals surface area contributed by atoms with Gasteiger partial charge in [-0.15, -0.1) is 0 Å². The van der Waals surface area contributed by atoms with E-state index in [-0.39, 0.29) is 41.8 Å². The van der Waals surface area contributed by atoms with Gasteiger partial charge in [-0.3, -0.25) is 9.59 Å². The normalized spacial score (nSPS) is 12.1. The maximum atomic E-state index is 13.0. The van der Waals surface area contributed by atoms with Crippen LogP contribution >= 0.6 is 11.6 Å². The monoisotopic (exact) mass is 476 g/mol. The van der Waals surface area contributed by atoms with Crippen LogP contribution in [0, 0.1) is 5.92 Å². The first-order valence-electron chi connectivity index (χ1n) is 11.2. The highest BCUT2D eigenvalue weighted by Gasteiger charge is 2.27. The first-order chi connectivity index (χ1) is 15.2. The fraction of sp³-hybridized carbons (Fsp3) is 0.560. The lowest BCUT2D eigenvalue weighted by Gasteiger charge is -2.25. The summed E-state index contributed by atoms with van der Waals surface area (Å²) in [5.41, 5.74) is 0.417. The zero-order valence-corrected chi connectivity index (χ0v) is 21.8. The summed E-state index contributed by atoms with van der Waals surface area (Å²) in [7, 11) is 0. The van der Waals surface area contributed by atoms with E-state index in [4.69, 9.17) is 21.4 Å². The van der Waals surface area contributed by atoms with Gasteiger partial charge >= 0.3 is 0 Å². The minimum absolute atomic E-state index is 0.0683. The Hall–Kier alpha value is -2.54. The lowest BCUT2D eigenvalue weighted by Crippen LogP contribution is -2.42. The number of carbonyl (C=O) groups is 2. The number of nitrogens with zero attached hydrogens (tertiary/aromatic N) is 3. The zero-order valence-electron chi connectivity index (χ0n) is 21.0. The van der Waals surface area contributed by atoms with E-state index in [1.807, 2.05) is 45.4 Å². The SMILES string of the molecule is CC(C)CN(CC(=O)Nc1cc(C(C)(C)C)nn1C(C)(C)C)C(=O)COc1ccc(Cl)cc1. The summed E-state index contributed by atoms with van der Waals surface area (Å²) in [5.74, 6) is 0.831. The van der Waals surface area contributed by atoms with Crippen molar-refractivity contribution >= 4 is 29.2 Å². The van der Waals surface area contributed by atoms with Crippen LogP contribution in [0.25, 0.3) is 0 Å². The van der Waals surface area contributed by atoms with Crippen LogP contribution < -0.4 is 10.1 Å². The van der Waals surface area contributed by atoms with Gasteiger partial charge in [0.25, 0.3) is 5.91 Å². The maximum absolute atomic E-state index is 13.0. The summed E-state index contributed by atoms with van der Waals surface area (Å²) in [6.45, 7) is 16.6. The van der Waals surface area contributed by atoms with Gasteiger partial charge < -0.3 is 15.0 Å². The lowest BCUT2D eigenvalue weighted by atomic mass is 9.92. The number of amides is 2. The number of nitrogens with one attached hydrogen (secondary N) is 1. The third-order valence-electron chi connectivity index (χ3n) is 4.83. The van der Waals surface area contributed by atoms with E-state index in [0.717, 1.165) is 5.69 Å². The largest absolute Gasteiger partial charge is 0.484 e. The van der Waals surface area contributed by atoms with Gasteiger partial charge in [-0.2, -0.15) is 5.10 Å². The van der Waals surface area contributed by atoms with Gasteiger partial charge in [0.05, 0.1) is 11.2 Å². The summed E-state index contributed by atoms with van der Waals surface area (Å²) in [5, 5.41) is 8.28. The van der Waals surface area contributed by atoms with E-state index in [1.165, 1.54) is 4.90 Å². The summed E-state index contributed by atoms with van der Waals surface area (Å²) in [4.78, 5) is 27.3. The highest BCUT2D eigenvalue weighted by molar-refractivity contribution is 6.30. The number of ether oxygens (including phenoxy) is 1. The number of aromatic nitrogens is 2. The molecule has 1 aromatic heterocycles. The summed E-state index contributed by atoms with van der Waals surface area (Å²) < 4.78 is 7.42. The van der Waals surface area contributed by atoms with Gasteiger partial charge in [0.15, 0.2) is 6.61 Å². The molecule has 0 aliphatic carbocycles. The predicted octanol–water partition coefficient (Wildman–Crippen LogP) is 5.09. The van der Waals surface area contributed by atoms with Crippen molar-refractivity contribution in [2.24, 2.45) is 5.92 Å². The molecule has 1 aromatic carbocycles. The molecule has 0 spiro atoms. The first-order valence-corrected chi connectivity index (χ1v) is 11.6. The summed E-state index contributed by atoms with van der Waals surface area (Å²) >= 11 is 5.89. The van der Waals surface area contributed by atoms with Gasteiger partial charge in [0.2, 0.25) is 5.91 Å². The zero-order chi connectivity index (χ0) is 25.0. The van der Waals surface area contributed by atoms with Crippen molar-refractivity contribution in [3.63, 3.8) is 0 Å². The Bertz CT molecular complexity index is 954. The van der Waals surface area contributed by atoms with Crippen LogP contribution in [0.15, 0.2) is 30.3 Å². The second kappa shape index (κ2) is 10.6. The summed E-state index contributed by atoms with van der Waals surface area (Å²) in [6, 6.07) is 8.71. The van der Waals surface area contributed by atoms with Gasteiger partial charge in [0, 0.05) is 23.0 Å². The average Bonchev–Trinajstić information content (AvgIpc) is 3.11. The van der Waals surface area contributed by atoms with Crippen LogP contribution in [0.1, 0.15) is 61.1 Å². The Morgan fingerprint density at radius 2 is 1.73 bits per heavy atom. The molecule has 0 aliphatic heterocycles. The highest BCUT2D eigenvalue weighted by atomic mass is 35.5. The van der Waals surface area contributed by atoms with E-state index < -0.39 is 0 Å². The van der Waals surface area contributed by atoms with E-state index in [0.29, 0.717) is 23.1 Å². The van der Waals surface area contributed by atoms with Gasteiger partial charge in [-0.05, 0) is 51.0 Å². The molecule has 0 fully saturated rings. The maximum Gasteiger partial charge on any atom is 0.260 e. The molecule has 0 atom stereocenters. The van der Waals surface area contributed by atoms with Crippen LogP contribution in [0.3, 0.4) is 0 Å². The molecule has 1 N–H and O–H groups in total. The van der Waals surface area contributed by atoms with Crippen molar-refractivity contribution in [3.8, 4) is 5.75 Å². The molecule has 2 amide bonds. The molecular formula is C25H37ClN4O3. The fourth-order valence-corrected chi connectivity index (χ4v) is 3.29. The lowest BCUT2D eigenvalue weighted by molar-refractivity contribution is -0.137. The minimum Gasteiger partial charge on any atom is -0.484 e. The smallest absolute Gasteiger partial charge is 0.260 e. The number of benzene rings is 1. The molecule has 8 heteroatoms. The quantitative estimate of drug-likeness (QED) is 0.575. The highest BCUT2D eigenvalue weighted by Crippen LogP contribution is 2.28. The van der Waals surface area contributed by atoms with Crippen molar-refractivity contribution in [2.45, 2.75) is 66.3 Å². The number of hydrogen-bond donors (Lipinski definition) is 1. The van der Waals surface area contributed by atoms with Crippen molar-refractivity contribution in [1.29, 1.82) is 0 Å². The van der Waals surface area contributed by atoms with Gasteiger partial charge in [-0.1, -0.05) is 46.2 Å².